The van der Waals surface area contributed by atoms with Crippen LogP contribution in [0.2, 0.25) is 0 Å². The maximum atomic E-state index is 5.06. The fourth-order valence-corrected chi connectivity index (χ4v) is 2.69. The van der Waals surface area contributed by atoms with Crippen molar-refractivity contribution in [2.45, 2.75) is 19.8 Å². The van der Waals surface area contributed by atoms with E-state index in [2.05, 4.69) is 30.6 Å². The lowest BCUT2D eigenvalue weighted by Crippen LogP contribution is -2.39. The number of rotatable bonds is 4. The summed E-state index contributed by atoms with van der Waals surface area (Å²) in [5, 5.41) is 14.4. The minimum atomic E-state index is 0.657. The lowest BCUT2D eigenvalue weighted by Gasteiger charge is -2.31. The van der Waals surface area contributed by atoms with Crippen molar-refractivity contribution in [2.24, 2.45) is 5.92 Å². The van der Waals surface area contributed by atoms with Gasteiger partial charge in [-0.1, -0.05) is 5.16 Å². The van der Waals surface area contributed by atoms with Crippen LogP contribution < -0.4 is 10.2 Å². The number of H-pyrrole nitrogens is 1. The van der Waals surface area contributed by atoms with E-state index in [0.29, 0.717) is 17.4 Å². The number of nitrogens with one attached hydrogen (secondary N) is 2. The van der Waals surface area contributed by atoms with E-state index in [4.69, 9.17) is 4.52 Å². The number of anilines is 1. The highest BCUT2D eigenvalue weighted by molar-refractivity contribution is 5.50. The van der Waals surface area contributed by atoms with Crippen LogP contribution >= 0.6 is 0 Å². The lowest BCUT2D eigenvalue weighted by molar-refractivity contribution is 0.399. The Hall–Kier alpha value is -1.89. The molecule has 0 saturated carbocycles. The molecule has 1 fully saturated rings. The molecule has 0 amide bonds. The normalized spacial score (nSPS) is 19.5. The summed E-state index contributed by atoms with van der Waals surface area (Å²) in [6, 6.07) is 1.85. The molecule has 1 atom stereocenters. The SMILES string of the molecule is CNCC1CCCN(c2n[nH]c(-c3cc(C)on3)n2)C1. The lowest BCUT2D eigenvalue weighted by atomic mass is 9.98. The first-order chi connectivity index (χ1) is 9.76. The van der Waals surface area contributed by atoms with Crippen molar-refractivity contribution in [1.29, 1.82) is 0 Å². The summed E-state index contributed by atoms with van der Waals surface area (Å²) in [6.45, 7) is 4.91. The number of piperidine rings is 1. The second-order valence-electron chi connectivity index (χ2n) is 5.32. The van der Waals surface area contributed by atoms with Crippen molar-refractivity contribution >= 4 is 5.95 Å². The summed E-state index contributed by atoms with van der Waals surface area (Å²) in [5.41, 5.74) is 0.699. The maximum Gasteiger partial charge on any atom is 0.245 e. The second kappa shape index (κ2) is 5.62. The van der Waals surface area contributed by atoms with Crippen LogP contribution in [0, 0.1) is 12.8 Å². The molecule has 1 aliphatic rings. The Bertz CT molecular complexity index is 561. The first kappa shape index (κ1) is 13.1. The van der Waals surface area contributed by atoms with Gasteiger partial charge in [-0.15, -0.1) is 5.10 Å². The minimum absolute atomic E-state index is 0.657. The number of aryl methyl sites for hydroxylation is 1. The fourth-order valence-electron chi connectivity index (χ4n) is 2.69. The monoisotopic (exact) mass is 276 g/mol. The van der Waals surface area contributed by atoms with Crippen LogP contribution in [0.3, 0.4) is 0 Å². The van der Waals surface area contributed by atoms with E-state index in [-0.39, 0.29) is 0 Å². The largest absolute Gasteiger partial charge is 0.361 e. The van der Waals surface area contributed by atoms with Crippen LogP contribution in [-0.2, 0) is 0 Å². The van der Waals surface area contributed by atoms with Gasteiger partial charge in [-0.05, 0) is 39.3 Å². The molecule has 7 nitrogen and oxygen atoms in total. The van der Waals surface area contributed by atoms with Crippen molar-refractivity contribution in [3.8, 4) is 11.5 Å². The van der Waals surface area contributed by atoms with Crippen molar-refractivity contribution in [1.82, 2.24) is 25.7 Å². The molecule has 0 bridgehead atoms. The third-order valence-electron chi connectivity index (χ3n) is 3.64. The molecule has 20 heavy (non-hydrogen) atoms. The van der Waals surface area contributed by atoms with Crippen LogP contribution in [0.25, 0.3) is 11.5 Å². The van der Waals surface area contributed by atoms with Gasteiger partial charge in [0.1, 0.15) is 5.76 Å². The first-order valence-corrected chi connectivity index (χ1v) is 7.02. The molecular formula is C13H20N6O. The van der Waals surface area contributed by atoms with Crippen LogP contribution in [0.4, 0.5) is 5.95 Å². The molecule has 2 aromatic heterocycles. The molecule has 3 heterocycles. The molecule has 2 N–H and O–H groups in total. The van der Waals surface area contributed by atoms with Crippen molar-refractivity contribution in [3.05, 3.63) is 11.8 Å². The molecule has 108 valence electrons. The van der Waals surface area contributed by atoms with Gasteiger partial charge in [-0.2, -0.15) is 4.98 Å². The Morgan fingerprint density at radius 2 is 2.45 bits per heavy atom. The van der Waals surface area contributed by atoms with Gasteiger partial charge < -0.3 is 14.7 Å². The molecule has 7 heteroatoms. The summed E-state index contributed by atoms with van der Waals surface area (Å²) < 4.78 is 5.06. The first-order valence-electron chi connectivity index (χ1n) is 7.02. The summed E-state index contributed by atoms with van der Waals surface area (Å²) in [5.74, 6) is 2.84. The van der Waals surface area contributed by atoms with E-state index < -0.39 is 0 Å². The topological polar surface area (TPSA) is 82.9 Å². The van der Waals surface area contributed by atoms with Gasteiger partial charge in [0.15, 0.2) is 11.5 Å². The molecule has 0 spiro atoms. The second-order valence-corrected chi connectivity index (χ2v) is 5.32. The summed E-state index contributed by atoms with van der Waals surface area (Å²) in [6.07, 6.45) is 2.44. The maximum absolute atomic E-state index is 5.06. The molecule has 0 aromatic carbocycles. The predicted molar refractivity (Wildman–Crippen MR) is 75.5 cm³/mol. The third-order valence-corrected chi connectivity index (χ3v) is 3.64. The van der Waals surface area contributed by atoms with Crippen LogP contribution in [0.5, 0.6) is 0 Å². The predicted octanol–water partition coefficient (Wildman–Crippen LogP) is 1.20. The third kappa shape index (κ3) is 2.67. The Labute approximate surface area is 117 Å². The van der Waals surface area contributed by atoms with E-state index in [1.54, 1.807) is 0 Å². The van der Waals surface area contributed by atoms with E-state index in [1.165, 1.54) is 12.8 Å². The average molecular weight is 276 g/mol. The van der Waals surface area contributed by atoms with Gasteiger partial charge in [0.05, 0.1) is 0 Å². The quantitative estimate of drug-likeness (QED) is 0.873. The standard InChI is InChI=1S/C13H20N6O/c1-9-6-11(18-20-9)12-15-13(17-16-12)19-5-3-4-10(8-19)7-14-2/h6,10,14H,3-5,7-8H2,1-2H3,(H,15,16,17). The summed E-state index contributed by atoms with van der Waals surface area (Å²) in [7, 11) is 2.00. The van der Waals surface area contributed by atoms with Crippen molar-refractivity contribution < 1.29 is 4.52 Å². The molecule has 1 unspecified atom stereocenters. The van der Waals surface area contributed by atoms with Gasteiger partial charge >= 0.3 is 0 Å². The Balaban J connectivity index is 1.73. The molecule has 3 rings (SSSR count). The molecule has 0 aliphatic carbocycles. The van der Waals surface area contributed by atoms with Gasteiger partial charge in [-0.25, -0.2) is 0 Å². The smallest absolute Gasteiger partial charge is 0.245 e. The zero-order valence-electron chi connectivity index (χ0n) is 11.9. The molecular weight excluding hydrogens is 256 g/mol. The zero-order valence-corrected chi connectivity index (χ0v) is 11.9. The highest BCUT2D eigenvalue weighted by atomic mass is 16.5. The van der Waals surface area contributed by atoms with E-state index in [0.717, 1.165) is 31.3 Å². The number of nitrogens with zero attached hydrogens (tertiary/aromatic N) is 4. The molecule has 2 aromatic rings. The average Bonchev–Trinajstić information content (AvgIpc) is 3.08. The van der Waals surface area contributed by atoms with Crippen LogP contribution in [-0.4, -0.2) is 47.0 Å². The van der Waals surface area contributed by atoms with E-state index >= 15 is 0 Å². The van der Waals surface area contributed by atoms with Crippen molar-refractivity contribution in [3.63, 3.8) is 0 Å². The number of hydrogen-bond acceptors (Lipinski definition) is 6. The Morgan fingerprint density at radius 3 is 3.20 bits per heavy atom. The molecule has 1 aliphatic heterocycles. The van der Waals surface area contributed by atoms with Gasteiger partial charge in [0.25, 0.3) is 0 Å². The minimum Gasteiger partial charge on any atom is -0.361 e. The highest BCUT2D eigenvalue weighted by Crippen LogP contribution is 2.22. The summed E-state index contributed by atoms with van der Waals surface area (Å²) in [4.78, 5) is 6.76. The Kier molecular flexibility index (Phi) is 3.68. The number of hydrogen-bond donors (Lipinski definition) is 2. The van der Waals surface area contributed by atoms with Crippen LogP contribution in [0.15, 0.2) is 10.6 Å². The van der Waals surface area contributed by atoms with Gasteiger partial charge in [0.2, 0.25) is 5.95 Å². The molecule has 0 radical (unpaired) electrons. The fraction of sp³-hybridized carbons (Fsp3) is 0.615. The number of aromatic nitrogens is 4. The zero-order chi connectivity index (χ0) is 13.9. The van der Waals surface area contributed by atoms with Crippen LogP contribution in [0.1, 0.15) is 18.6 Å². The van der Waals surface area contributed by atoms with E-state index in [9.17, 15) is 0 Å². The summed E-state index contributed by atoms with van der Waals surface area (Å²) >= 11 is 0. The van der Waals surface area contributed by atoms with Gasteiger partial charge in [0, 0.05) is 19.2 Å². The Morgan fingerprint density at radius 1 is 1.55 bits per heavy atom. The molecule has 1 saturated heterocycles. The highest BCUT2D eigenvalue weighted by Gasteiger charge is 2.22. The number of aromatic amines is 1. The van der Waals surface area contributed by atoms with E-state index in [1.807, 2.05) is 20.0 Å². The van der Waals surface area contributed by atoms with Gasteiger partial charge in [-0.3, -0.25) is 5.10 Å². The van der Waals surface area contributed by atoms with Crippen molar-refractivity contribution in [2.75, 3.05) is 31.6 Å².